The van der Waals surface area contributed by atoms with Crippen molar-refractivity contribution < 1.29 is 19.4 Å². The van der Waals surface area contributed by atoms with Gasteiger partial charge in [-0.15, -0.1) is 0 Å². The van der Waals surface area contributed by atoms with Crippen LogP contribution in [0.15, 0.2) is 140 Å². The first kappa shape index (κ1) is 31.4. The summed E-state index contributed by atoms with van der Waals surface area (Å²) in [4.78, 5) is 25.8. The number of para-hydroxylation sites is 1. The largest absolute Gasteiger partial charge is 0.488 e. The third-order valence-corrected chi connectivity index (χ3v) is 8.24. The zero-order valence-corrected chi connectivity index (χ0v) is 26.3. The van der Waals surface area contributed by atoms with Crippen molar-refractivity contribution in [2.45, 2.75) is 25.6 Å². The summed E-state index contributed by atoms with van der Waals surface area (Å²) in [6.45, 7) is 0.918. The van der Waals surface area contributed by atoms with Gasteiger partial charge in [0.05, 0.1) is 5.56 Å². The highest BCUT2D eigenvalue weighted by Crippen LogP contribution is 2.31. The summed E-state index contributed by atoms with van der Waals surface area (Å²) in [5.74, 6) is -0.901. The Balaban J connectivity index is 1.14. The number of carboxylic acid groups (broad SMARTS) is 1. The van der Waals surface area contributed by atoms with Crippen molar-refractivity contribution in [2.75, 3.05) is 5.32 Å². The van der Waals surface area contributed by atoms with Gasteiger partial charge in [-0.3, -0.25) is 4.79 Å². The average Bonchev–Trinajstić information content (AvgIpc) is 3.10. The number of fused-ring (bicyclic) bond motifs is 1. The molecular formula is C40H33ClN2O4. The van der Waals surface area contributed by atoms with Gasteiger partial charge in [0.2, 0.25) is 0 Å². The molecule has 0 unspecified atom stereocenters. The van der Waals surface area contributed by atoms with E-state index in [1.54, 1.807) is 18.2 Å². The number of hydrogen-bond acceptors (Lipinski definition) is 4. The molecule has 0 radical (unpaired) electrons. The molecule has 1 amide bonds. The van der Waals surface area contributed by atoms with E-state index in [1.165, 1.54) is 0 Å². The molecule has 3 N–H and O–H groups in total. The summed E-state index contributed by atoms with van der Waals surface area (Å²) >= 11 is 6.28. The number of ether oxygens (including phenoxy) is 1. The van der Waals surface area contributed by atoms with Crippen LogP contribution in [0.25, 0.3) is 21.9 Å². The summed E-state index contributed by atoms with van der Waals surface area (Å²) in [5, 5.41) is 18.7. The van der Waals surface area contributed by atoms with E-state index in [4.69, 9.17) is 16.3 Å². The van der Waals surface area contributed by atoms with E-state index in [0.29, 0.717) is 23.9 Å². The lowest BCUT2D eigenvalue weighted by atomic mass is 9.99. The van der Waals surface area contributed by atoms with E-state index in [0.717, 1.165) is 44.3 Å². The topological polar surface area (TPSA) is 87.7 Å². The molecule has 6 aromatic carbocycles. The molecule has 0 aromatic heterocycles. The van der Waals surface area contributed by atoms with Gasteiger partial charge < -0.3 is 20.5 Å². The predicted octanol–water partition coefficient (Wildman–Crippen LogP) is 8.78. The monoisotopic (exact) mass is 640 g/mol. The van der Waals surface area contributed by atoms with Crippen LogP contribution in [0.1, 0.15) is 27.0 Å². The first-order valence-corrected chi connectivity index (χ1v) is 15.7. The van der Waals surface area contributed by atoms with Crippen molar-refractivity contribution >= 4 is 39.9 Å². The van der Waals surface area contributed by atoms with Crippen LogP contribution in [0, 0.1) is 0 Å². The zero-order valence-electron chi connectivity index (χ0n) is 25.5. The highest BCUT2D eigenvalue weighted by atomic mass is 35.5. The molecule has 0 aliphatic rings. The van der Waals surface area contributed by atoms with Gasteiger partial charge in [0.1, 0.15) is 18.4 Å². The number of nitrogens with one attached hydrogen (secondary N) is 2. The van der Waals surface area contributed by atoms with Gasteiger partial charge >= 0.3 is 5.97 Å². The van der Waals surface area contributed by atoms with E-state index in [-0.39, 0.29) is 12.0 Å². The fourth-order valence-electron chi connectivity index (χ4n) is 5.55. The van der Waals surface area contributed by atoms with Crippen LogP contribution in [0.4, 0.5) is 5.69 Å². The lowest BCUT2D eigenvalue weighted by Gasteiger charge is -2.18. The van der Waals surface area contributed by atoms with Crippen molar-refractivity contribution in [1.82, 2.24) is 5.32 Å². The number of halogens is 1. The van der Waals surface area contributed by atoms with Gasteiger partial charge in [0, 0.05) is 29.2 Å². The van der Waals surface area contributed by atoms with Crippen LogP contribution in [-0.4, -0.2) is 23.0 Å². The molecule has 6 rings (SSSR count). The van der Waals surface area contributed by atoms with Gasteiger partial charge in [-0.1, -0.05) is 127 Å². The molecule has 0 spiro atoms. The summed E-state index contributed by atoms with van der Waals surface area (Å²) in [7, 11) is 0. The van der Waals surface area contributed by atoms with Gasteiger partial charge in [-0.05, 0) is 57.3 Å². The molecule has 0 heterocycles. The third-order valence-electron chi connectivity index (χ3n) is 8.01. The maximum Gasteiger partial charge on any atom is 0.326 e. The SMILES string of the molecule is O=C(N[C@@H](Cc1ccc(-c2ccccc2OCc2ccccc2)cc1)C(=O)O)c1cc(Cl)ccc1NCc1cccc2ccccc12. The van der Waals surface area contributed by atoms with Crippen molar-refractivity contribution in [2.24, 2.45) is 0 Å². The minimum absolute atomic E-state index is 0.104. The van der Waals surface area contributed by atoms with E-state index in [9.17, 15) is 14.7 Å². The third kappa shape index (κ3) is 7.80. The quantitative estimate of drug-likeness (QED) is 0.124. The second kappa shape index (κ2) is 14.7. The number of amides is 1. The standard InChI is InChI=1S/C40H33ClN2O4/c41-32-21-22-36(42-25-31-13-8-12-29-11-4-5-14-33(29)31)35(24-32)39(44)43-37(40(45)46)23-27-17-19-30(20-18-27)34-15-6-7-16-38(34)47-26-28-9-2-1-3-10-28/h1-22,24,37,42H,23,25-26H2,(H,43,44)(H,45,46)/t37-/m0/s1. The highest BCUT2D eigenvalue weighted by Gasteiger charge is 2.23. The molecular weight excluding hydrogens is 608 g/mol. The second-order valence-electron chi connectivity index (χ2n) is 11.2. The van der Waals surface area contributed by atoms with Gasteiger partial charge in [-0.25, -0.2) is 4.79 Å². The summed E-state index contributed by atoms with van der Waals surface area (Å²) < 4.78 is 6.13. The minimum Gasteiger partial charge on any atom is -0.488 e. The lowest BCUT2D eigenvalue weighted by Crippen LogP contribution is -2.42. The first-order chi connectivity index (χ1) is 22.9. The average molecular weight is 641 g/mol. The van der Waals surface area contributed by atoms with Crippen LogP contribution in [0.3, 0.4) is 0 Å². The fraction of sp³-hybridized carbons (Fsp3) is 0.100. The Hall–Kier alpha value is -5.59. The number of hydrogen-bond donors (Lipinski definition) is 3. The van der Waals surface area contributed by atoms with E-state index in [1.807, 2.05) is 103 Å². The number of anilines is 1. The van der Waals surface area contributed by atoms with Crippen molar-refractivity contribution in [3.05, 3.63) is 167 Å². The molecule has 0 bridgehead atoms. The zero-order chi connectivity index (χ0) is 32.6. The molecule has 6 aromatic rings. The summed E-state index contributed by atoms with van der Waals surface area (Å²) in [6.07, 6.45) is 0.104. The molecule has 7 heteroatoms. The number of benzene rings is 6. The van der Waals surface area contributed by atoms with Crippen molar-refractivity contribution in [3.8, 4) is 16.9 Å². The van der Waals surface area contributed by atoms with Crippen molar-refractivity contribution in [1.29, 1.82) is 0 Å². The molecule has 0 aliphatic carbocycles. The second-order valence-corrected chi connectivity index (χ2v) is 11.7. The molecule has 6 nitrogen and oxygen atoms in total. The van der Waals surface area contributed by atoms with Gasteiger partial charge in [0.25, 0.3) is 5.91 Å². The van der Waals surface area contributed by atoms with Crippen LogP contribution in [-0.2, 0) is 24.4 Å². The van der Waals surface area contributed by atoms with E-state index < -0.39 is 17.9 Å². The first-order valence-electron chi connectivity index (χ1n) is 15.3. The number of carbonyl (C=O) groups is 2. The van der Waals surface area contributed by atoms with Crippen molar-refractivity contribution in [3.63, 3.8) is 0 Å². The maximum atomic E-state index is 13.5. The van der Waals surface area contributed by atoms with Gasteiger partial charge in [-0.2, -0.15) is 0 Å². The number of carbonyl (C=O) groups excluding carboxylic acids is 1. The minimum atomic E-state index is -1.15. The van der Waals surface area contributed by atoms with E-state index in [2.05, 4.69) is 28.8 Å². The number of carboxylic acids is 1. The Labute approximate surface area is 278 Å². The molecule has 0 aliphatic heterocycles. The number of rotatable bonds is 12. The van der Waals surface area contributed by atoms with E-state index >= 15 is 0 Å². The molecule has 47 heavy (non-hydrogen) atoms. The van der Waals surface area contributed by atoms with Crippen LogP contribution in [0.5, 0.6) is 5.75 Å². The molecule has 0 saturated carbocycles. The Morgan fingerprint density at radius 2 is 1.47 bits per heavy atom. The fourth-order valence-corrected chi connectivity index (χ4v) is 5.73. The molecule has 234 valence electrons. The maximum absolute atomic E-state index is 13.5. The normalized spacial score (nSPS) is 11.5. The summed E-state index contributed by atoms with van der Waals surface area (Å²) in [5.41, 5.74) is 5.61. The summed E-state index contributed by atoms with van der Waals surface area (Å²) in [6, 6.07) is 43.4. The van der Waals surface area contributed by atoms with Crippen LogP contribution in [0.2, 0.25) is 5.02 Å². The predicted molar refractivity (Wildman–Crippen MR) is 188 cm³/mol. The Morgan fingerprint density at radius 3 is 2.28 bits per heavy atom. The Morgan fingerprint density at radius 1 is 0.745 bits per heavy atom. The molecule has 1 atom stereocenters. The smallest absolute Gasteiger partial charge is 0.326 e. The van der Waals surface area contributed by atoms with Crippen LogP contribution < -0.4 is 15.4 Å². The Bertz CT molecular complexity index is 2010. The molecule has 0 fully saturated rings. The highest BCUT2D eigenvalue weighted by molar-refractivity contribution is 6.31. The van der Waals surface area contributed by atoms with Gasteiger partial charge in [0.15, 0.2) is 0 Å². The number of aliphatic carboxylic acids is 1. The lowest BCUT2D eigenvalue weighted by molar-refractivity contribution is -0.139. The van der Waals surface area contributed by atoms with Crippen LogP contribution >= 0.6 is 11.6 Å². The molecule has 0 saturated heterocycles. The Kier molecular flexibility index (Phi) is 9.80.